The molecule has 3 N–H and O–H groups in total. The van der Waals surface area contributed by atoms with Gasteiger partial charge in [-0.3, -0.25) is 0 Å². The highest BCUT2D eigenvalue weighted by Gasteiger charge is 2.15. The molecule has 0 saturated carbocycles. The number of carbonyl (C=O) groups is 1. The van der Waals surface area contributed by atoms with E-state index in [0.29, 0.717) is 18.0 Å². The third-order valence-corrected chi connectivity index (χ3v) is 1.88. The molecule has 0 aromatic heterocycles. The van der Waals surface area contributed by atoms with Crippen LogP contribution in [0.4, 0.5) is 5.69 Å². The summed E-state index contributed by atoms with van der Waals surface area (Å²) in [5, 5.41) is 8.56. The van der Waals surface area contributed by atoms with Crippen molar-refractivity contribution in [2.24, 2.45) is 0 Å². The second-order valence-electron chi connectivity index (χ2n) is 3.02. The highest BCUT2D eigenvalue weighted by molar-refractivity contribution is 5.94. The number of carbonyl (C=O) groups excluding carboxylic acids is 1. The van der Waals surface area contributed by atoms with E-state index in [1.807, 2.05) is 0 Å². The van der Waals surface area contributed by atoms with Crippen LogP contribution < -0.4 is 10.5 Å². The minimum absolute atomic E-state index is 0.0425. The van der Waals surface area contributed by atoms with Crippen LogP contribution in [0.25, 0.3) is 0 Å². The number of nitrogen functional groups attached to an aromatic ring is 1. The Balaban J connectivity index is 2.93. The first kappa shape index (κ1) is 12.3. The molecular formula is C11H15NO4. The van der Waals surface area contributed by atoms with Crippen molar-refractivity contribution in [1.29, 1.82) is 0 Å². The van der Waals surface area contributed by atoms with Crippen molar-refractivity contribution >= 4 is 11.7 Å². The Morgan fingerprint density at radius 3 is 2.88 bits per heavy atom. The predicted molar refractivity (Wildman–Crippen MR) is 59.4 cm³/mol. The molecule has 1 aromatic carbocycles. The summed E-state index contributed by atoms with van der Waals surface area (Å²) in [5.74, 6) is -0.224. The number of aliphatic hydroxyl groups excluding tert-OH is 1. The summed E-state index contributed by atoms with van der Waals surface area (Å²) in [5.41, 5.74) is 6.35. The van der Waals surface area contributed by atoms with E-state index in [4.69, 9.17) is 20.3 Å². The normalized spacial score (nSPS) is 9.88. The molecule has 0 aliphatic rings. The third kappa shape index (κ3) is 2.87. The molecule has 0 spiro atoms. The van der Waals surface area contributed by atoms with E-state index in [1.54, 1.807) is 25.1 Å². The molecule has 1 rings (SSSR count). The van der Waals surface area contributed by atoms with Crippen LogP contribution in [0.5, 0.6) is 5.75 Å². The Kier molecular flexibility index (Phi) is 4.60. The van der Waals surface area contributed by atoms with Crippen LogP contribution >= 0.6 is 0 Å². The lowest BCUT2D eigenvalue weighted by Crippen LogP contribution is -2.11. The van der Waals surface area contributed by atoms with Gasteiger partial charge in [0, 0.05) is 0 Å². The number of esters is 1. The number of rotatable bonds is 5. The molecule has 0 amide bonds. The fourth-order valence-corrected chi connectivity index (χ4v) is 1.24. The molecule has 0 fully saturated rings. The topological polar surface area (TPSA) is 81.8 Å². The Labute approximate surface area is 93.8 Å². The molecule has 88 valence electrons. The summed E-state index contributed by atoms with van der Waals surface area (Å²) < 4.78 is 10.1. The number of para-hydroxylation sites is 1. The number of anilines is 1. The van der Waals surface area contributed by atoms with E-state index in [-0.39, 0.29) is 18.8 Å². The van der Waals surface area contributed by atoms with E-state index in [2.05, 4.69) is 0 Å². The molecule has 5 heteroatoms. The maximum atomic E-state index is 11.6. The number of aliphatic hydroxyl groups is 1. The van der Waals surface area contributed by atoms with Gasteiger partial charge in [-0.25, -0.2) is 4.79 Å². The molecule has 0 aliphatic heterocycles. The standard InChI is InChI=1S/C11H15NO4/c1-2-15-10-8(4-3-5-9(10)12)11(14)16-7-6-13/h3-5,13H,2,6-7,12H2,1H3. The summed E-state index contributed by atoms with van der Waals surface area (Å²) >= 11 is 0. The van der Waals surface area contributed by atoms with Crippen LogP contribution in [0.1, 0.15) is 17.3 Å². The van der Waals surface area contributed by atoms with E-state index >= 15 is 0 Å². The highest BCUT2D eigenvalue weighted by atomic mass is 16.5. The van der Waals surface area contributed by atoms with Crippen LogP contribution in [-0.2, 0) is 4.74 Å². The van der Waals surface area contributed by atoms with Crippen molar-refractivity contribution in [2.75, 3.05) is 25.6 Å². The smallest absolute Gasteiger partial charge is 0.342 e. The zero-order chi connectivity index (χ0) is 12.0. The molecular weight excluding hydrogens is 210 g/mol. The summed E-state index contributed by atoms with van der Waals surface area (Å²) in [7, 11) is 0. The lowest BCUT2D eigenvalue weighted by molar-refractivity contribution is 0.0429. The molecule has 1 aromatic rings. The zero-order valence-corrected chi connectivity index (χ0v) is 9.10. The SMILES string of the molecule is CCOc1c(N)cccc1C(=O)OCCO. The number of benzene rings is 1. The summed E-state index contributed by atoms with van der Waals surface area (Å²) in [4.78, 5) is 11.6. The molecule has 0 heterocycles. The molecule has 0 unspecified atom stereocenters. The average Bonchev–Trinajstić information content (AvgIpc) is 2.29. The van der Waals surface area contributed by atoms with E-state index in [1.165, 1.54) is 0 Å². The Morgan fingerprint density at radius 1 is 1.50 bits per heavy atom. The van der Waals surface area contributed by atoms with Gasteiger partial charge in [-0.2, -0.15) is 0 Å². The van der Waals surface area contributed by atoms with Gasteiger partial charge in [-0.1, -0.05) is 6.07 Å². The first-order valence-electron chi connectivity index (χ1n) is 5.00. The highest BCUT2D eigenvalue weighted by Crippen LogP contribution is 2.26. The number of ether oxygens (including phenoxy) is 2. The van der Waals surface area contributed by atoms with E-state index in [9.17, 15) is 4.79 Å². The molecule has 0 radical (unpaired) electrons. The number of nitrogens with two attached hydrogens (primary N) is 1. The maximum Gasteiger partial charge on any atom is 0.342 e. The van der Waals surface area contributed by atoms with Crippen LogP contribution in [0.15, 0.2) is 18.2 Å². The number of hydrogen-bond acceptors (Lipinski definition) is 5. The monoisotopic (exact) mass is 225 g/mol. The van der Waals surface area contributed by atoms with Crippen LogP contribution in [0.2, 0.25) is 0 Å². The van der Waals surface area contributed by atoms with Gasteiger partial charge in [0.1, 0.15) is 12.2 Å². The van der Waals surface area contributed by atoms with Gasteiger partial charge >= 0.3 is 5.97 Å². The van der Waals surface area contributed by atoms with Gasteiger partial charge in [0.25, 0.3) is 0 Å². The van der Waals surface area contributed by atoms with Crippen LogP contribution in [0.3, 0.4) is 0 Å². The first-order chi connectivity index (χ1) is 7.70. The summed E-state index contributed by atoms with van der Waals surface area (Å²) in [6.45, 7) is 1.96. The Morgan fingerprint density at radius 2 is 2.25 bits per heavy atom. The van der Waals surface area contributed by atoms with Gasteiger partial charge in [-0.15, -0.1) is 0 Å². The summed E-state index contributed by atoms with van der Waals surface area (Å²) in [6, 6.07) is 4.86. The molecule has 16 heavy (non-hydrogen) atoms. The largest absolute Gasteiger partial charge is 0.491 e. The van der Waals surface area contributed by atoms with Gasteiger partial charge in [0.05, 0.1) is 18.9 Å². The van der Waals surface area contributed by atoms with E-state index in [0.717, 1.165) is 0 Å². The fraction of sp³-hybridized carbons (Fsp3) is 0.364. The molecule has 5 nitrogen and oxygen atoms in total. The quantitative estimate of drug-likeness (QED) is 0.572. The van der Waals surface area contributed by atoms with Crippen molar-refractivity contribution in [3.8, 4) is 5.75 Å². The predicted octanol–water partition coefficient (Wildman–Crippen LogP) is 0.817. The summed E-state index contributed by atoms with van der Waals surface area (Å²) in [6.07, 6.45) is 0. The zero-order valence-electron chi connectivity index (χ0n) is 9.10. The lowest BCUT2D eigenvalue weighted by Gasteiger charge is -2.11. The van der Waals surface area contributed by atoms with Gasteiger partial charge in [0.15, 0.2) is 5.75 Å². The van der Waals surface area contributed by atoms with Gasteiger partial charge in [-0.05, 0) is 19.1 Å². The second-order valence-corrected chi connectivity index (χ2v) is 3.02. The lowest BCUT2D eigenvalue weighted by atomic mass is 10.2. The second kappa shape index (κ2) is 5.97. The number of hydrogen-bond donors (Lipinski definition) is 2. The first-order valence-corrected chi connectivity index (χ1v) is 5.00. The minimum Gasteiger partial charge on any atom is -0.491 e. The van der Waals surface area contributed by atoms with Crippen LogP contribution in [-0.4, -0.2) is 30.9 Å². The fourth-order valence-electron chi connectivity index (χ4n) is 1.24. The van der Waals surface area contributed by atoms with Crippen LogP contribution in [0, 0.1) is 0 Å². The molecule has 0 aliphatic carbocycles. The molecule has 0 atom stereocenters. The van der Waals surface area contributed by atoms with E-state index < -0.39 is 5.97 Å². The van der Waals surface area contributed by atoms with Gasteiger partial charge in [0.2, 0.25) is 0 Å². The molecule has 0 saturated heterocycles. The third-order valence-electron chi connectivity index (χ3n) is 1.88. The van der Waals surface area contributed by atoms with Crippen molar-refractivity contribution < 1.29 is 19.4 Å². The van der Waals surface area contributed by atoms with Crippen molar-refractivity contribution in [2.45, 2.75) is 6.92 Å². The van der Waals surface area contributed by atoms with Crippen molar-refractivity contribution in [1.82, 2.24) is 0 Å². The van der Waals surface area contributed by atoms with Gasteiger partial charge < -0.3 is 20.3 Å². The Hall–Kier alpha value is -1.75. The molecule has 0 bridgehead atoms. The maximum absolute atomic E-state index is 11.6. The Bertz CT molecular complexity index is 365. The minimum atomic E-state index is -0.551. The van der Waals surface area contributed by atoms with Crippen molar-refractivity contribution in [3.05, 3.63) is 23.8 Å². The van der Waals surface area contributed by atoms with Crippen molar-refractivity contribution in [3.63, 3.8) is 0 Å². The average molecular weight is 225 g/mol.